The molecule has 0 aromatic heterocycles. The van der Waals surface area contributed by atoms with Crippen molar-refractivity contribution in [2.45, 2.75) is 432 Å². The molecule has 0 rings (SSSR count). The predicted molar refractivity (Wildman–Crippen MR) is 400 cm³/mol. The second kappa shape index (κ2) is 70.7. The Bertz CT molecular complexity index is 1890. The van der Waals surface area contributed by atoms with Crippen LogP contribution in [0.2, 0.25) is 0 Å². The average Bonchev–Trinajstić information content (AvgIpc) is 3.79. The van der Waals surface area contributed by atoms with Gasteiger partial charge in [0.25, 0.3) is 0 Å². The topological polar surface area (TPSA) is 237 Å². The number of rotatable bonds is 78. The maximum Gasteiger partial charge on any atom is 0.472 e. The van der Waals surface area contributed by atoms with Crippen LogP contribution in [0.25, 0.3) is 0 Å². The van der Waals surface area contributed by atoms with Gasteiger partial charge in [-0.05, 0) is 37.5 Å². The number of phosphoric ester groups is 2. The van der Waals surface area contributed by atoms with Gasteiger partial charge in [-0.15, -0.1) is 0 Å². The van der Waals surface area contributed by atoms with Gasteiger partial charge in [0.1, 0.15) is 19.3 Å². The summed E-state index contributed by atoms with van der Waals surface area (Å²) in [6.07, 6.45) is 60.0. The van der Waals surface area contributed by atoms with Crippen molar-refractivity contribution in [1.82, 2.24) is 0 Å². The van der Waals surface area contributed by atoms with Crippen LogP contribution in [-0.2, 0) is 65.4 Å². The molecule has 0 radical (unpaired) electrons. The Balaban J connectivity index is 5.16. The van der Waals surface area contributed by atoms with E-state index < -0.39 is 97.5 Å². The quantitative estimate of drug-likeness (QED) is 0.0222. The molecule has 0 aromatic carbocycles. The van der Waals surface area contributed by atoms with E-state index in [0.717, 1.165) is 108 Å². The first-order chi connectivity index (χ1) is 47.4. The van der Waals surface area contributed by atoms with Gasteiger partial charge in [-0.2, -0.15) is 0 Å². The molecule has 582 valence electrons. The van der Waals surface area contributed by atoms with Crippen LogP contribution in [0.15, 0.2) is 0 Å². The summed E-state index contributed by atoms with van der Waals surface area (Å²) < 4.78 is 68.5. The Labute approximate surface area is 600 Å². The van der Waals surface area contributed by atoms with Crippen LogP contribution in [0, 0.1) is 11.8 Å². The number of hydrogen-bond donors (Lipinski definition) is 3. The van der Waals surface area contributed by atoms with E-state index in [1.807, 2.05) is 0 Å². The number of hydrogen-bond acceptors (Lipinski definition) is 15. The molecule has 17 nitrogen and oxygen atoms in total. The molecule has 0 fully saturated rings. The van der Waals surface area contributed by atoms with Gasteiger partial charge < -0.3 is 33.8 Å². The van der Waals surface area contributed by atoms with Crippen molar-refractivity contribution >= 4 is 39.5 Å². The van der Waals surface area contributed by atoms with Gasteiger partial charge in [-0.1, -0.05) is 363 Å². The summed E-state index contributed by atoms with van der Waals surface area (Å²) in [5.74, 6) is -0.592. The largest absolute Gasteiger partial charge is 0.472 e. The predicted octanol–water partition coefficient (Wildman–Crippen LogP) is 23.5. The number of unbranched alkanes of at least 4 members (excludes halogenated alkanes) is 47. The Hall–Kier alpha value is -1.94. The van der Waals surface area contributed by atoms with Crippen molar-refractivity contribution < 1.29 is 80.2 Å². The van der Waals surface area contributed by atoms with Crippen LogP contribution >= 0.6 is 15.6 Å². The number of carbonyl (C=O) groups is 4. The molecule has 0 amide bonds. The van der Waals surface area contributed by atoms with E-state index in [4.69, 9.17) is 37.0 Å². The second-order valence-corrected chi connectivity index (χ2v) is 32.1. The smallest absolute Gasteiger partial charge is 0.462 e. The van der Waals surface area contributed by atoms with Crippen LogP contribution in [0.5, 0.6) is 0 Å². The van der Waals surface area contributed by atoms with Gasteiger partial charge >= 0.3 is 39.5 Å². The normalized spacial score (nSPS) is 14.2. The number of phosphoric acid groups is 2. The summed E-state index contributed by atoms with van der Waals surface area (Å²) >= 11 is 0. The molecule has 0 spiro atoms. The van der Waals surface area contributed by atoms with Crippen LogP contribution in [-0.4, -0.2) is 96.7 Å². The zero-order valence-corrected chi connectivity index (χ0v) is 65.9. The van der Waals surface area contributed by atoms with E-state index in [2.05, 4.69) is 41.5 Å². The number of ether oxygens (including phenoxy) is 4. The van der Waals surface area contributed by atoms with Gasteiger partial charge in [0.05, 0.1) is 26.4 Å². The Kier molecular flexibility index (Phi) is 69.3. The third-order valence-electron chi connectivity index (χ3n) is 18.8. The minimum atomic E-state index is -4.96. The highest BCUT2D eigenvalue weighted by atomic mass is 31.2. The van der Waals surface area contributed by atoms with Crippen LogP contribution < -0.4 is 0 Å². The fourth-order valence-electron chi connectivity index (χ4n) is 12.2. The van der Waals surface area contributed by atoms with Gasteiger partial charge in [-0.25, -0.2) is 9.13 Å². The standard InChI is InChI=1S/C79H154O17P2/c1-7-10-12-14-16-18-19-20-21-22-23-24-25-26-27-30-34-37-40-44-51-57-63-78(83)95-74(67-90-77(82)62-56-50-43-39-36-33-31-28-29-32-35-38-41-47-53-59-71(4)5)69-93-97(85,86)91-65-73(80)66-92-98(87,88)94-70-75(68-89-76(81)61-55-49-42-17-15-13-11-8-2)96-79(84)64-58-52-46-45-48-54-60-72(6)9-3/h71-75,80H,7-70H2,1-6H3,(H,85,86)(H,87,88)/t72?,73-,74-,75-/m1/s1. The van der Waals surface area contributed by atoms with Crippen molar-refractivity contribution in [3.63, 3.8) is 0 Å². The molecule has 0 aliphatic rings. The average molecular weight is 1440 g/mol. The Morgan fingerprint density at radius 1 is 0.296 bits per heavy atom. The first-order valence-corrected chi connectivity index (χ1v) is 44.0. The number of aliphatic hydroxyl groups excluding tert-OH is 1. The number of carbonyl (C=O) groups excluding carboxylic acids is 4. The van der Waals surface area contributed by atoms with E-state index >= 15 is 0 Å². The molecule has 0 aliphatic heterocycles. The maximum absolute atomic E-state index is 13.1. The van der Waals surface area contributed by atoms with E-state index in [9.17, 15) is 43.2 Å². The lowest BCUT2D eigenvalue weighted by atomic mass is 10.00. The summed E-state index contributed by atoms with van der Waals surface area (Å²) in [6, 6.07) is 0. The third kappa shape index (κ3) is 71.1. The van der Waals surface area contributed by atoms with Crippen LogP contribution in [0.3, 0.4) is 0 Å². The summed E-state index contributed by atoms with van der Waals surface area (Å²) in [6.45, 7) is 9.56. The number of esters is 4. The minimum absolute atomic E-state index is 0.103. The maximum atomic E-state index is 13.1. The Morgan fingerprint density at radius 3 is 0.776 bits per heavy atom. The molecular formula is C79H154O17P2. The van der Waals surface area contributed by atoms with Gasteiger partial charge in [0, 0.05) is 25.7 Å². The fraction of sp³-hybridized carbons (Fsp3) is 0.949. The molecule has 0 aromatic rings. The van der Waals surface area contributed by atoms with Crippen molar-refractivity contribution in [2.75, 3.05) is 39.6 Å². The van der Waals surface area contributed by atoms with Gasteiger partial charge in [0.2, 0.25) is 0 Å². The molecule has 0 saturated carbocycles. The zero-order valence-electron chi connectivity index (χ0n) is 64.1. The van der Waals surface area contributed by atoms with E-state index in [1.165, 1.54) is 225 Å². The zero-order chi connectivity index (χ0) is 72.1. The minimum Gasteiger partial charge on any atom is -0.462 e. The first-order valence-electron chi connectivity index (χ1n) is 41.0. The van der Waals surface area contributed by atoms with Crippen molar-refractivity contribution in [3.05, 3.63) is 0 Å². The lowest BCUT2D eigenvalue weighted by Crippen LogP contribution is -2.30. The van der Waals surface area contributed by atoms with Crippen LogP contribution in [0.4, 0.5) is 0 Å². The molecule has 3 N–H and O–H groups in total. The van der Waals surface area contributed by atoms with E-state index in [0.29, 0.717) is 25.7 Å². The van der Waals surface area contributed by atoms with Crippen molar-refractivity contribution in [1.29, 1.82) is 0 Å². The van der Waals surface area contributed by atoms with Crippen LogP contribution in [0.1, 0.15) is 414 Å². The van der Waals surface area contributed by atoms with E-state index in [1.54, 1.807) is 0 Å². The molecule has 0 bridgehead atoms. The highest BCUT2D eigenvalue weighted by Crippen LogP contribution is 2.45. The second-order valence-electron chi connectivity index (χ2n) is 29.2. The third-order valence-corrected chi connectivity index (χ3v) is 20.7. The molecule has 0 heterocycles. The lowest BCUT2D eigenvalue weighted by molar-refractivity contribution is -0.161. The van der Waals surface area contributed by atoms with Gasteiger partial charge in [0.15, 0.2) is 12.2 Å². The SMILES string of the molecule is CCCCCCCCCCCCCCCCCCCCCCCCC(=O)O[C@H](COC(=O)CCCCCCCCCCCCCCCCCC(C)C)COP(=O)(O)OC[C@@H](O)COP(=O)(O)OC[C@@H](COC(=O)CCCCCCCCCC)OC(=O)CCCCCCCCC(C)CC. The summed E-state index contributed by atoms with van der Waals surface area (Å²) in [4.78, 5) is 72.8. The first kappa shape index (κ1) is 96.1. The van der Waals surface area contributed by atoms with E-state index in [-0.39, 0.29) is 25.7 Å². The molecule has 98 heavy (non-hydrogen) atoms. The molecular weight excluding hydrogens is 1280 g/mol. The monoisotopic (exact) mass is 1440 g/mol. The molecule has 6 atom stereocenters. The molecule has 0 aliphatic carbocycles. The molecule has 0 saturated heterocycles. The fourth-order valence-corrected chi connectivity index (χ4v) is 13.7. The highest BCUT2D eigenvalue weighted by molar-refractivity contribution is 7.47. The summed E-state index contributed by atoms with van der Waals surface area (Å²) in [5.41, 5.74) is 0. The van der Waals surface area contributed by atoms with Crippen molar-refractivity contribution in [3.8, 4) is 0 Å². The van der Waals surface area contributed by atoms with Crippen molar-refractivity contribution in [2.24, 2.45) is 11.8 Å². The number of aliphatic hydroxyl groups is 1. The molecule has 3 unspecified atom stereocenters. The lowest BCUT2D eigenvalue weighted by Gasteiger charge is -2.21. The highest BCUT2D eigenvalue weighted by Gasteiger charge is 2.30. The molecule has 19 heteroatoms. The Morgan fingerprint density at radius 2 is 0.520 bits per heavy atom. The summed E-state index contributed by atoms with van der Waals surface area (Å²) in [5, 5.41) is 10.6. The summed E-state index contributed by atoms with van der Waals surface area (Å²) in [7, 11) is -9.91. The van der Waals surface area contributed by atoms with Gasteiger partial charge in [-0.3, -0.25) is 37.3 Å².